The molecule has 100 valence electrons. The lowest BCUT2D eigenvalue weighted by molar-refractivity contribution is -0.380. The van der Waals surface area contributed by atoms with Crippen LogP contribution in [0.4, 0.5) is 5.00 Å². The molecule has 1 N–H and O–H groups in total. The summed E-state index contributed by atoms with van der Waals surface area (Å²) in [6.45, 7) is 0. The Balaban J connectivity index is 2.03. The van der Waals surface area contributed by atoms with E-state index in [1.165, 1.54) is 29.2 Å². The number of nitrogens with zero attached hydrogens (tertiary/aromatic N) is 3. The van der Waals surface area contributed by atoms with E-state index in [-0.39, 0.29) is 11.4 Å². The minimum atomic E-state index is -0.855. The Morgan fingerprint density at radius 2 is 2.21 bits per heavy atom. The van der Waals surface area contributed by atoms with Crippen molar-refractivity contribution in [3.8, 4) is 9.88 Å². The molecule has 2 rings (SSSR count). The first-order valence-electron chi connectivity index (χ1n) is 4.99. The molecular weight excluding hydrogens is 310 g/mol. The van der Waals surface area contributed by atoms with Crippen molar-refractivity contribution in [1.82, 2.24) is 10.2 Å². The van der Waals surface area contributed by atoms with E-state index in [0.29, 0.717) is 20.0 Å². The van der Waals surface area contributed by atoms with Crippen molar-refractivity contribution in [2.45, 2.75) is 10.8 Å². The highest BCUT2D eigenvalue weighted by Gasteiger charge is 2.14. The molecule has 19 heavy (non-hydrogen) atoms. The molecule has 7 nitrogen and oxygen atoms in total. The minimum absolute atomic E-state index is 0.0596. The molecule has 2 aromatic rings. The molecule has 0 bridgehead atoms. The number of hydrogen-bond donors (Lipinski definition) is 1. The third-order valence-electron chi connectivity index (χ3n) is 1.93. The van der Waals surface area contributed by atoms with Gasteiger partial charge in [0, 0.05) is 11.8 Å². The Bertz CT molecular complexity index is 609. The Labute approximate surface area is 119 Å². The van der Waals surface area contributed by atoms with Gasteiger partial charge in [0.25, 0.3) is 0 Å². The standard InChI is InChI=1S/C9H7N3O4S3/c13-7(14)3-4-17-9-11-10-8(19-9)5-1-2-6(18-5)12(15)16/h1-2H,3-4H2,(H,13,14). The molecule has 0 atom stereocenters. The van der Waals surface area contributed by atoms with Crippen molar-refractivity contribution in [3.05, 3.63) is 22.2 Å². The Kier molecular flexibility index (Phi) is 4.45. The average Bonchev–Trinajstić information content (AvgIpc) is 2.95. The number of carboxylic acids is 1. The van der Waals surface area contributed by atoms with E-state index in [1.807, 2.05) is 0 Å². The van der Waals surface area contributed by atoms with Gasteiger partial charge < -0.3 is 5.11 Å². The summed E-state index contributed by atoms with van der Waals surface area (Å²) in [6.07, 6.45) is 0.0596. The number of carbonyl (C=O) groups is 1. The SMILES string of the molecule is O=C(O)CCSc1nnc(-c2ccc([N+](=O)[O-])s2)s1. The normalized spacial score (nSPS) is 10.5. The molecule has 0 saturated heterocycles. The zero-order valence-electron chi connectivity index (χ0n) is 9.31. The molecule has 0 fully saturated rings. The first kappa shape index (κ1) is 13.9. The zero-order valence-corrected chi connectivity index (χ0v) is 11.8. The second-order valence-corrected chi connectivity index (χ2v) is 6.64. The smallest absolute Gasteiger partial charge is 0.324 e. The molecule has 0 aliphatic rings. The summed E-state index contributed by atoms with van der Waals surface area (Å²) in [5, 5.41) is 27.6. The van der Waals surface area contributed by atoms with Gasteiger partial charge >= 0.3 is 11.0 Å². The lowest BCUT2D eigenvalue weighted by atomic mass is 10.5. The second kappa shape index (κ2) is 6.08. The van der Waals surface area contributed by atoms with Crippen LogP contribution in [0, 0.1) is 10.1 Å². The van der Waals surface area contributed by atoms with Crippen LogP contribution in [0.2, 0.25) is 0 Å². The van der Waals surface area contributed by atoms with Crippen LogP contribution in [-0.4, -0.2) is 31.9 Å². The van der Waals surface area contributed by atoms with Gasteiger partial charge in [-0.3, -0.25) is 14.9 Å². The number of aromatic nitrogens is 2. The molecule has 0 saturated carbocycles. The van der Waals surface area contributed by atoms with E-state index in [2.05, 4.69) is 10.2 Å². The second-order valence-electron chi connectivity index (χ2n) is 3.26. The van der Waals surface area contributed by atoms with Gasteiger partial charge in [0.2, 0.25) is 0 Å². The molecular formula is C9H7N3O4S3. The van der Waals surface area contributed by atoms with Crippen LogP contribution in [0.25, 0.3) is 9.88 Å². The maximum Gasteiger partial charge on any atom is 0.324 e. The number of thiophene rings is 1. The summed E-state index contributed by atoms with van der Waals surface area (Å²) in [5.41, 5.74) is 0. The van der Waals surface area contributed by atoms with Gasteiger partial charge in [0.15, 0.2) is 9.35 Å². The molecule has 2 heterocycles. The summed E-state index contributed by atoms with van der Waals surface area (Å²) in [4.78, 5) is 21.2. The average molecular weight is 317 g/mol. The van der Waals surface area contributed by atoms with E-state index in [1.54, 1.807) is 6.07 Å². The Morgan fingerprint density at radius 1 is 1.42 bits per heavy atom. The van der Waals surface area contributed by atoms with E-state index in [0.717, 1.165) is 11.3 Å². The molecule has 0 aliphatic carbocycles. The lowest BCUT2D eigenvalue weighted by Crippen LogP contribution is -1.95. The zero-order chi connectivity index (χ0) is 13.8. The van der Waals surface area contributed by atoms with Crippen LogP contribution >= 0.6 is 34.4 Å². The summed E-state index contributed by atoms with van der Waals surface area (Å²) in [5.74, 6) is -0.430. The fourth-order valence-corrected chi connectivity index (χ4v) is 3.85. The van der Waals surface area contributed by atoms with Crippen molar-refractivity contribution in [2.24, 2.45) is 0 Å². The molecule has 0 aromatic carbocycles. The van der Waals surface area contributed by atoms with E-state index in [4.69, 9.17) is 5.11 Å². The molecule has 0 radical (unpaired) electrons. The van der Waals surface area contributed by atoms with Crippen LogP contribution in [0.1, 0.15) is 6.42 Å². The predicted octanol–water partition coefficient (Wildman–Crippen LogP) is 2.74. The van der Waals surface area contributed by atoms with Gasteiger partial charge in [-0.15, -0.1) is 10.2 Å². The van der Waals surface area contributed by atoms with Crippen LogP contribution in [0.3, 0.4) is 0 Å². The molecule has 0 aliphatic heterocycles. The molecule has 0 amide bonds. The van der Waals surface area contributed by atoms with Crippen molar-refractivity contribution >= 4 is 45.4 Å². The topological polar surface area (TPSA) is 106 Å². The van der Waals surface area contributed by atoms with Crippen LogP contribution < -0.4 is 0 Å². The van der Waals surface area contributed by atoms with Crippen LogP contribution in [0.5, 0.6) is 0 Å². The van der Waals surface area contributed by atoms with Gasteiger partial charge in [-0.05, 0) is 6.07 Å². The van der Waals surface area contributed by atoms with Gasteiger partial charge in [-0.2, -0.15) is 0 Å². The van der Waals surface area contributed by atoms with Crippen molar-refractivity contribution in [3.63, 3.8) is 0 Å². The number of aliphatic carboxylic acids is 1. The van der Waals surface area contributed by atoms with Gasteiger partial charge in [-0.1, -0.05) is 34.4 Å². The fraction of sp³-hybridized carbons (Fsp3) is 0.222. The first-order chi connectivity index (χ1) is 9.06. The summed E-state index contributed by atoms with van der Waals surface area (Å²) in [7, 11) is 0. The maximum absolute atomic E-state index is 10.6. The third kappa shape index (κ3) is 3.72. The third-order valence-corrected chi connectivity index (χ3v) is 5.19. The maximum atomic E-state index is 10.6. The number of rotatable bonds is 6. The number of carboxylic acid groups (broad SMARTS) is 1. The van der Waals surface area contributed by atoms with Crippen molar-refractivity contribution < 1.29 is 14.8 Å². The Hall–Kier alpha value is -1.52. The highest BCUT2D eigenvalue weighted by Crippen LogP contribution is 2.36. The summed E-state index contributed by atoms with van der Waals surface area (Å²) >= 11 is 3.65. The van der Waals surface area contributed by atoms with Gasteiger partial charge in [-0.25, -0.2) is 0 Å². The van der Waals surface area contributed by atoms with E-state index < -0.39 is 10.9 Å². The minimum Gasteiger partial charge on any atom is -0.481 e. The summed E-state index contributed by atoms with van der Waals surface area (Å²) in [6, 6.07) is 3.06. The van der Waals surface area contributed by atoms with E-state index in [9.17, 15) is 14.9 Å². The molecule has 0 spiro atoms. The van der Waals surface area contributed by atoms with Crippen molar-refractivity contribution in [2.75, 3.05) is 5.75 Å². The number of thioether (sulfide) groups is 1. The van der Waals surface area contributed by atoms with E-state index >= 15 is 0 Å². The van der Waals surface area contributed by atoms with Crippen LogP contribution in [-0.2, 0) is 4.79 Å². The first-order valence-corrected chi connectivity index (χ1v) is 7.61. The monoisotopic (exact) mass is 317 g/mol. The quantitative estimate of drug-likeness (QED) is 0.496. The highest BCUT2D eigenvalue weighted by atomic mass is 32.2. The predicted molar refractivity (Wildman–Crippen MR) is 72.9 cm³/mol. The van der Waals surface area contributed by atoms with Gasteiger partial charge in [0.05, 0.1) is 16.2 Å². The lowest BCUT2D eigenvalue weighted by Gasteiger charge is -1.91. The largest absolute Gasteiger partial charge is 0.481 e. The Morgan fingerprint density at radius 3 is 2.84 bits per heavy atom. The number of hydrogen-bond acceptors (Lipinski definition) is 8. The van der Waals surface area contributed by atoms with Crippen LogP contribution in [0.15, 0.2) is 16.5 Å². The molecule has 2 aromatic heterocycles. The summed E-state index contributed by atoms with van der Waals surface area (Å²) < 4.78 is 0.660. The van der Waals surface area contributed by atoms with Crippen molar-refractivity contribution in [1.29, 1.82) is 0 Å². The fourth-order valence-electron chi connectivity index (χ4n) is 1.13. The van der Waals surface area contributed by atoms with Gasteiger partial charge in [0.1, 0.15) is 0 Å². The highest BCUT2D eigenvalue weighted by molar-refractivity contribution is 8.01. The number of nitro groups is 1. The molecule has 10 heteroatoms. The molecule has 0 unspecified atom stereocenters.